The van der Waals surface area contributed by atoms with Crippen LogP contribution in [0.25, 0.3) is 0 Å². The number of aromatic nitrogens is 2. The van der Waals surface area contributed by atoms with Gasteiger partial charge in [-0.25, -0.2) is 22.0 Å². The summed E-state index contributed by atoms with van der Waals surface area (Å²) in [4.78, 5) is 16.3. The van der Waals surface area contributed by atoms with Crippen LogP contribution >= 0.6 is 0 Å². The Morgan fingerprint density at radius 3 is 2.26 bits per heavy atom. The average Bonchev–Trinajstić information content (AvgIpc) is 2.66. The molecule has 0 aliphatic carbocycles. The van der Waals surface area contributed by atoms with Gasteiger partial charge in [0.15, 0.2) is 11.3 Å². The molecule has 0 aliphatic rings. The third kappa shape index (κ3) is 3.59. The SMILES string of the molecule is Cn1c(=NCc2ccccc2F)c(F)cn(S(=O)(=O)c2ccccc2)c1=O. The smallest absolute Gasteiger partial charge is 0.278 e. The molecule has 3 aromatic rings. The van der Waals surface area contributed by atoms with Crippen LogP contribution in [0.5, 0.6) is 0 Å². The summed E-state index contributed by atoms with van der Waals surface area (Å²) in [6.45, 7) is -0.202. The lowest BCUT2D eigenvalue weighted by Gasteiger charge is -2.10. The van der Waals surface area contributed by atoms with E-state index in [1.807, 2.05) is 0 Å². The van der Waals surface area contributed by atoms with E-state index in [1.165, 1.54) is 49.5 Å². The van der Waals surface area contributed by atoms with Gasteiger partial charge in [-0.2, -0.15) is 3.97 Å². The average molecular weight is 391 g/mol. The molecule has 0 saturated heterocycles. The number of halogens is 2. The number of rotatable bonds is 4. The summed E-state index contributed by atoms with van der Waals surface area (Å²) in [6.07, 6.45) is 0.574. The largest absolute Gasteiger partial charge is 0.343 e. The van der Waals surface area contributed by atoms with E-state index in [4.69, 9.17) is 0 Å². The number of benzene rings is 2. The van der Waals surface area contributed by atoms with E-state index in [0.29, 0.717) is 10.2 Å². The number of hydrogen-bond donors (Lipinski definition) is 0. The van der Waals surface area contributed by atoms with Gasteiger partial charge in [0.2, 0.25) is 0 Å². The van der Waals surface area contributed by atoms with Crippen LogP contribution in [0, 0.1) is 11.6 Å². The highest BCUT2D eigenvalue weighted by Crippen LogP contribution is 2.11. The van der Waals surface area contributed by atoms with Gasteiger partial charge in [0, 0.05) is 12.6 Å². The first-order valence-corrected chi connectivity index (χ1v) is 9.29. The molecule has 3 rings (SSSR count). The first-order valence-electron chi connectivity index (χ1n) is 7.85. The summed E-state index contributed by atoms with van der Waals surface area (Å²) in [5.74, 6) is -1.53. The second kappa shape index (κ2) is 7.28. The highest BCUT2D eigenvalue weighted by atomic mass is 32.2. The fourth-order valence-electron chi connectivity index (χ4n) is 2.46. The van der Waals surface area contributed by atoms with Crippen molar-refractivity contribution in [1.82, 2.24) is 8.54 Å². The minimum atomic E-state index is -4.26. The molecule has 9 heteroatoms. The summed E-state index contributed by atoms with van der Waals surface area (Å²) in [5.41, 5.74) is -1.15. The molecule has 0 atom stereocenters. The molecule has 0 aliphatic heterocycles. The van der Waals surface area contributed by atoms with E-state index in [9.17, 15) is 22.0 Å². The van der Waals surface area contributed by atoms with Crippen molar-refractivity contribution < 1.29 is 17.2 Å². The molecule has 140 valence electrons. The summed E-state index contributed by atoms with van der Waals surface area (Å²) in [5, 5.41) is 0. The van der Waals surface area contributed by atoms with Crippen LogP contribution in [0.3, 0.4) is 0 Å². The predicted octanol–water partition coefficient (Wildman–Crippen LogP) is 1.80. The summed E-state index contributed by atoms with van der Waals surface area (Å²) in [7, 11) is -3.07. The Morgan fingerprint density at radius 1 is 0.963 bits per heavy atom. The molecule has 2 aromatic carbocycles. The molecule has 1 heterocycles. The second-order valence-electron chi connectivity index (χ2n) is 5.66. The van der Waals surface area contributed by atoms with Crippen molar-refractivity contribution in [2.24, 2.45) is 12.0 Å². The summed E-state index contributed by atoms with van der Waals surface area (Å²) < 4.78 is 54.5. The van der Waals surface area contributed by atoms with Crippen LogP contribution in [0.2, 0.25) is 0 Å². The van der Waals surface area contributed by atoms with E-state index in [1.54, 1.807) is 12.1 Å². The molecular formula is C18H15F2N3O3S. The van der Waals surface area contributed by atoms with E-state index < -0.39 is 27.3 Å². The number of nitrogens with zero attached hydrogens (tertiary/aromatic N) is 3. The third-order valence-electron chi connectivity index (χ3n) is 3.89. The van der Waals surface area contributed by atoms with Crippen LogP contribution in [-0.2, 0) is 23.6 Å². The van der Waals surface area contributed by atoms with Gasteiger partial charge in [0.25, 0.3) is 10.0 Å². The van der Waals surface area contributed by atoms with Gasteiger partial charge >= 0.3 is 5.69 Å². The quantitative estimate of drug-likeness (QED) is 0.681. The Labute approximate surface area is 153 Å². The lowest BCUT2D eigenvalue weighted by molar-refractivity contribution is 0.533. The molecule has 0 saturated carbocycles. The monoisotopic (exact) mass is 391 g/mol. The summed E-state index contributed by atoms with van der Waals surface area (Å²) >= 11 is 0. The zero-order chi connectivity index (χ0) is 19.6. The zero-order valence-electron chi connectivity index (χ0n) is 14.2. The van der Waals surface area contributed by atoms with Crippen molar-refractivity contribution in [1.29, 1.82) is 0 Å². The van der Waals surface area contributed by atoms with Crippen molar-refractivity contribution in [3.05, 3.63) is 94.0 Å². The van der Waals surface area contributed by atoms with Crippen LogP contribution < -0.4 is 11.2 Å². The molecular weight excluding hydrogens is 376 g/mol. The van der Waals surface area contributed by atoms with Crippen molar-refractivity contribution in [3.63, 3.8) is 0 Å². The van der Waals surface area contributed by atoms with E-state index in [2.05, 4.69) is 4.99 Å². The Bertz CT molecular complexity index is 1220. The maximum absolute atomic E-state index is 14.5. The van der Waals surface area contributed by atoms with Crippen molar-refractivity contribution >= 4 is 10.0 Å². The molecule has 27 heavy (non-hydrogen) atoms. The molecule has 0 bridgehead atoms. The van der Waals surface area contributed by atoms with E-state index in [0.717, 1.165) is 4.57 Å². The Kier molecular flexibility index (Phi) is 5.04. The minimum Gasteiger partial charge on any atom is -0.278 e. The lowest BCUT2D eigenvalue weighted by atomic mass is 10.2. The lowest BCUT2D eigenvalue weighted by Crippen LogP contribution is -2.42. The fraction of sp³-hybridized carbons (Fsp3) is 0.111. The van der Waals surface area contributed by atoms with E-state index in [-0.39, 0.29) is 22.5 Å². The molecule has 0 N–H and O–H groups in total. The van der Waals surface area contributed by atoms with Gasteiger partial charge in [0.1, 0.15) is 5.82 Å². The van der Waals surface area contributed by atoms with Crippen molar-refractivity contribution in [2.45, 2.75) is 11.4 Å². The van der Waals surface area contributed by atoms with Gasteiger partial charge < -0.3 is 0 Å². The van der Waals surface area contributed by atoms with Gasteiger partial charge in [-0.15, -0.1) is 0 Å². The second-order valence-corrected chi connectivity index (χ2v) is 7.48. The van der Waals surface area contributed by atoms with Gasteiger partial charge in [-0.05, 0) is 18.2 Å². The van der Waals surface area contributed by atoms with Crippen molar-refractivity contribution in [3.8, 4) is 0 Å². The number of hydrogen-bond acceptors (Lipinski definition) is 4. The first-order chi connectivity index (χ1) is 12.8. The molecule has 0 fully saturated rings. The Morgan fingerprint density at radius 2 is 1.59 bits per heavy atom. The zero-order valence-corrected chi connectivity index (χ0v) is 15.0. The topological polar surface area (TPSA) is 73.4 Å². The predicted molar refractivity (Wildman–Crippen MR) is 94.3 cm³/mol. The normalized spacial score (nSPS) is 12.3. The first kappa shape index (κ1) is 18.7. The van der Waals surface area contributed by atoms with Crippen LogP contribution in [0.4, 0.5) is 8.78 Å². The molecule has 6 nitrogen and oxygen atoms in total. The van der Waals surface area contributed by atoms with Crippen molar-refractivity contribution in [2.75, 3.05) is 0 Å². The van der Waals surface area contributed by atoms with Crippen LogP contribution in [-0.4, -0.2) is 17.0 Å². The minimum absolute atomic E-state index is 0.150. The highest BCUT2D eigenvalue weighted by molar-refractivity contribution is 7.90. The molecule has 0 unspecified atom stereocenters. The maximum Gasteiger partial charge on any atom is 0.343 e. The van der Waals surface area contributed by atoms with Crippen LogP contribution in [0.1, 0.15) is 5.56 Å². The Hall–Kier alpha value is -3.07. The molecule has 0 spiro atoms. The third-order valence-corrected chi connectivity index (χ3v) is 5.54. The van der Waals surface area contributed by atoms with Gasteiger partial charge in [0.05, 0.1) is 17.6 Å². The maximum atomic E-state index is 14.5. The standard InChI is InChI=1S/C18H15F2N3O3S/c1-22-17(21-11-13-7-5-6-10-15(13)19)16(20)12-23(18(22)24)27(25,26)14-8-3-2-4-9-14/h2-10,12H,11H2,1H3. The molecule has 0 radical (unpaired) electrons. The van der Waals surface area contributed by atoms with Gasteiger partial charge in [-0.3, -0.25) is 9.56 Å². The Balaban J connectivity index is 2.12. The molecule has 0 amide bonds. The molecule has 1 aromatic heterocycles. The van der Waals surface area contributed by atoms with E-state index >= 15 is 0 Å². The highest BCUT2D eigenvalue weighted by Gasteiger charge is 2.21. The summed E-state index contributed by atoms with van der Waals surface area (Å²) in [6, 6.07) is 13.0. The van der Waals surface area contributed by atoms with Gasteiger partial charge in [-0.1, -0.05) is 36.4 Å². The van der Waals surface area contributed by atoms with Crippen LogP contribution in [0.15, 0.2) is 75.5 Å². The fourth-order valence-corrected chi connectivity index (χ4v) is 3.75.